The molecular weight excluding hydrogens is 264 g/mol. The molecule has 0 aliphatic carbocycles. The summed E-state index contributed by atoms with van der Waals surface area (Å²) >= 11 is 0. The maximum Gasteiger partial charge on any atom is 0.135 e. The first-order valence-corrected chi connectivity index (χ1v) is 6.88. The van der Waals surface area contributed by atoms with Crippen molar-refractivity contribution >= 4 is 17.3 Å². The van der Waals surface area contributed by atoms with E-state index in [2.05, 4.69) is 27.2 Å². The third-order valence-corrected chi connectivity index (χ3v) is 2.59. The van der Waals surface area contributed by atoms with Crippen LogP contribution in [0.3, 0.4) is 0 Å². The summed E-state index contributed by atoms with van der Waals surface area (Å²) in [6.45, 7) is 8.34. The van der Waals surface area contributed by atoms with Gasteiger partial charge >= 0.3 is 0 Å². The predicted molar refractivity (Wildman–Crippen MR) is 86.2 cm³/mol. The van der Waals surface area contributed by atoms with E-state index < -0.39 is 0 Å². The highest BCUT2D eigenvalue weighted by Crippen LogP contribution is 2.20. The molecule has 0 unspecified atom stereocenters. The van der Waals surface area contributed by atoms with Crippen molar-refractivity contribution in [3.8, 4) is 5.75 Å². The van der Waals surface area contributed by atoms with E-state index in [1.165, 1.54) is 6.33 Å². The van der Waals surface area contributed by atoms with E-state index >= 15 is 0 Å². The van der Waals surface area contributed by atoms with Crippen molar-refractivity contribution in [1.82, 2.24) is 9.97 Å². The van der Waals surface area contributed by atoms with Gasteiger partial charge in [0.05, 0.1) is 6.10 Å². The normalized spacial score (nSPS) is 10.2. The monoisotopic (exact) mass is 284 g/mol. The Labute approximate surface area is 125 Å². The number of benzene rings is 1. The lowest BCUT2D eigenvalue weighted by atomic mass is 10.3. The Hall–Kier alpha value is -2.56. The van der Waals surface area contributed by atoms with Crippen LogP contribution in [-0.4, -0.2) is 22.6 Å². The Balaban J connectivity index is 2.02. The topological polar surface area (TPSA) is 59.1 Å². The lowest BCUT2D eigenvalue weighted by Crippen LogP contribution is -2.05. The molecule has 2 N–H and O–H groups in total. The van der Waals surface area contributed by atoms with Crippen molar-refractivity contribution < 1.29 is 4.74 Å². The van der Waals surface area contributed by atoms with E-state index in [-0.39, 0.29) is 6.10 Å². The number of nitrogens with zero attached hydrogens (tertiary/aromatic N) is 2. The van der Waals surface area contributed by atoms with Crippen molar-refractivity contribution in [1.29, 1.82) is 0 Å². The summed E-state index contributed by atoms with van der Waals surface area (Å²) in [5.74, 6) is 2.34. The minimum atomic E-state index is 0.171. The van der Waals surface area contributed by atoms with E-state index in [1.807, 2.05) is 44.2 Å². The highest BCUT2D eigenvalue weighted by molar-refractivity contribution is 5.59. The first kappa shape index (κ1) is 14.8. The van der Waals surface area contributed by atoms with Crippen molar-refractivity contribution in [2.24, 2.45) is 0 Å². The molecule has 0 bridgehead atoms. The second kappa shape index (κ2) is 7.28. The first-order valence-electron chi connectivity index (χ1n) is 6.88. The van der Waals surface area contributed by atoms with E-state index in [1.54, 1.807) is 6.08 Å². The van der Waals surface area contributed by atoms with Crippen LogP contribution in [0.2, 0.25) is 0 Å². The predicted octanol–water partition coefficient (Wildman–Crippen LogP) is 3.61. The summed E-state index contributed by atoms with van der Waals surface area (Å²) in [5, 5.41) is 6.35. The van der Waals surface area contributed by atoms with Crippen molar-refractivity contribution in [2.45, 2.75) is 20.0 Å². The lowest BCUT2D eigenvalue weighted by molar-refractivity contribution is 0.242. The molecule has 5 heteroatoms. The highest BCUT2D eigenvalue weighted by Gasteiger charge is 2.01. The number of nitrogens with one attached hydrogen (secondary N) is 2. The smallest absolute Gasteiger partial charge is 0.135 e. The van der Waals surface area contributed by atoms with Crippen LogP contribution < -0.4 is 15.4 Å². The number of anilines is 3. The van der Waals surface area contributed by atoms with E-state index in [0.717, 1.165) is 23.1 Å². The summed E-state index contributed by atoms with van der Waals surface area (Å²) in [6.07, 6.45) is 3.47. The molecule has 0 radical (unpaired) electrons. The molecule has 5 nitrogen and oxygen atoms in total. The van der Waals surface area contributed by atoms with Crippen LogP contribution >= 0.6 is 0 Å². The standard InChI is InChI=1S/C16H20N4O/c1-4-9-17-15-10-16(19-11-18-15)20-13-5-7-14(8-6-13)21-12(2)3/h4-8,10-12H,1,9H2,2-3H3,(H2,17,18,19,20). The Morgan fingerprint density at radius 3 is 2.57 bits per heavy atom. The van der Waals surface area contributed by atoms with Gasteiger partial charge in [-0.2, -0.15) is 0 Å². The maximum absolute atomic E-state index is 5.61. The number of ether oxygens (including phenoxy) is 1. The fourth-order valence-corrected chi connectivity index (χ4v) is 1.74. The first-order chi connectivity index (χ1) is 10.2. The average molecular weight is 284 g/mol. The fraction of sp³-hybridized carbons (Fsp3) is 0.250. The molecule has 1 aromatic carbocycles. The minimum absolute atomic E-state index is 0.171. The molecule has 21 heavy (non-hydrogen) atoms. The molecule has 2 rings (SSSR count). The molecule has 2 aromatic rings. The second-order valence-corrected chi connectivity index (χ2v) is 4.77. The zero-order valence-electron chi connectivity index (χ0n) is 12.3. The Kier molecular flexibility index (Phi) is 5.15. The van der Waals surface area contributed by atoms with Gasteiger partial charge in [-0.15, -0.1) is 6.58 Å². The number of hydrogen-bond acceptors (Lipinski definition) is 5. The molecule has 0 saturated heterocycles. The molecule has 1 aromatic heterocycles. The molecule has 0 spiro atoms. The van der Waals surface area contributed by atoms with Gasteiger partial charge in [0.15, 0.2) is 0 Å². The van der Waals surface area contributed by atoms with Crippen molar-refractivity contribution in [3.05, 3.63) is 49.3 Å². The van der Waals surface area contributed by atoms with Crippen molar-refractivity contribution in [2.75, 3.05) is 17.2 Å². The summed E-state index contributed by atoms with van der Waals surface area (Å²) in [7, 11) is 0. The van der Waals surface area contributed by atoms with Crippen molar-refractivity contribution in [3.63, 3.8) is 0 Å². The van der Waals surface area contributed by atoms with E-state index in [9.17, 15) is 0 Å². The molecular formula is C16H20N4O. The minimum Gasteiger partial charge on any atom is -0.491 e. The second-order valence-electron chi connectivity index (χ2n) is 4.77. The van der Waals surface area contributed by atoms with Crippen LogP contribution in [0.5, 0.6) is 5.75 Å². The highest BCUT2D eigenvalue weighted by atomic mass is 16.5. The summed E-state index contributed by atoms with van der Waals surface area (Å²) in [5.41, 5.74) is 0.944. The number of aromatic nitrogens is 2. The Morgan fingerprint density at radius 1 is 1.19 bits per heavy atom. The van der Waals surface area contributed by atoms with Gasteiger partial charge in [-0.3, -0.25) is 0 Å². The fourth-order valence-electron chi connectivity index (χ4n) is 1.74. The van der Waals surface area contributed by atoms with Gasteiger partial charge in [-0.25, -0.2) is 9.97 Å². The van der Waals surface area contributed by atoms with Crippen LogP contribution in [0.25, 0.3) is 0 Å². The molecule has 0 aliphatic heterocycles. The zero-order chi connectivity index (χ0) is 15.1. The molecule has 110 valence electrons. The van der Waals surface area contributed by atoms with Gasteiger partial charge < -0.3 is 15.4 Å². The molecule has 0 amide bonds. The van der Waals surface area contributed by atoms with Gasteiger partial charge in [0, 0.05) is 18.3 Å². The maximum atomic E-state index is 5.61. The number of hydrogen-bond donors (Lipinski definition) is 2. The van der Waals surface area contributed by atoms with Gasteiger partial charge in [-0.1, -0.05) is 6.08 Å². The van der Waals surface area contributed by atoms with E-state index in [4.69, 9.17) is 4.74 Å². The zero-order valence-corrected chi connectivity index (χ0v) is 12.3. The third kappa shape index (κ3) is 4.80. The van der Waals surface area contributed by atoms with Crippen LogP contribution in [0.15, 0.2) is 49.3 Å². The number of rotatable bonds is 7. The van der Waals surface area contributed by atoms with Gasteiger partial charge in [0.2, 0.25) is 0 Å². The SMILES string of the molecule is C=CCNc1cc(Nc2ccc(OC(C)C)cc2)ncn1. The van der Waals surface area contributed by atoms with Gasteiger partial charge in [-0.05, 0) is 38.1 Å². The molecule has 0 atom stereocenters. The van der Waals surface area contributed by atoms with Crippen LogP contribution in [-0.2, 0) is 0 Å². The van der Waals surface area contributed by atoms with Gasteiger partial charge in [0.1, 0.15) is 23.7 Å². The summed E-state index contributed by atoms with van der Waals surface area (Å²) in [6, 6.07) is 9.62. The average Bonchev–Trinajstić information content (AvgIpc) is 2.47. The molecule has 1 heterocycles. The lowest BCUT2D eigenvalue weighted by Gasteiger charge is -2.11. The summed E-state index contributed by atoms with van der Waals surface area (Å²) in [4.78, 5) is 8.33. The molecule has 0 aliphatic rings. The molecule has 0 saturated carbocycles. The van der Waals surface area contributed by atoms with Crippen LogP contribution in [0, 0.1) is 0 Å². The quantitative estimate of drug-likeness (QED) is 0.761. The van der Waals surface area contributed by atoms with Crippen LogP contribution in [0.1, 0.15) is 13.8 Å². The Bertz CT molecular complexity index is 581. The largest absolute Gasteiger partial charge is 0.491 e. The van der Waals surface area contributed by atoms with E-state index in [0.29, 0.717) is 6.54 Å². The van der Waals surface area contributed by atoms with Crippen LogP contribution in [0.4, 0.5) is 17.3 Å². The third-order valence-electron chi connectivity index (χ3n) is 2.59. The van der Waals surface area contributed by atoms with Gasteiger partial charge in [0.25, 0.3) is 0 Å². The Morgan fingerprint density at radius 2 is 1.90 bits per heavy atom. The molecule has 0 fully saturated rings. The summed E-state index contributed by atoms with van der Waals surface area (Å²) < 4.78 is 5.61.